The number of nitrogens with one attached hydrogen (secondary N) is 2. The fourth-order valence-electron chi connectivity index (χ4n) is 3.01. The van der Waals surface area contributed by atoms with E-state index >= 15 is 0 Å². The molecular formula is C26H27N3O3S. The molecule has 0 aliphatic heterocycles. The molecule has 2 N–H and O–H groups in total. The van der Waals surface area contributed by atoms with Crippen LogP contribution in [0.1, 0.15) is 21.5 Å². The van der Waals surface area contributed by atoms with Gasteiger partial charge in [0.05, 0.1) is 13.0 Å². The van der Waals surface area contributed by atoms with E-state index in [-0.39, 0.29) is 16.9 Å². The molecule has 3 rings (SSSR count). The van der Waals surface area contributed by atoms with Crippen LogP contribution in [0.5, 0.6) is 5.75 Å². The second-order valence-electron chi connectivity index (χ2n) is 7.68. The SMILES string of the molecule is CN(C)C(=O)Cc1ccc(NC(=S)NC(=O)c2ccc(OCCc3ccccc3)cc2)cc1. The standard InChI is InChI=1S/C26H27N3O3S/c1-29(2)24(30)18-20-8-12-22(13-9-20)27-26(33)28-25(31)21-10-14-23(15-11-21)32-17-16-19-6-4-3-5-7-19/h3-15H,16-18H2,1-2H3,(H2,27,28,31,33). The van der Waals surface area contributed by atoms with E-state index in [2.05, 4.69) is 22.8 Å². The fraction of sp³-hybridized carbons (Fsp3) is 0.192. The second kappa shape index (κ2) is 11.8. The number of hydrogen-bond donors (Lipinski definition) is 2. The van der Waals surface area contributed by atoms with Gasteiger partial charge in [-0.25, -0.2) is 0 Å². The highest BCUT2D eigenvalue weighted by Crippen LogP contribution is 2.14. The van der Waals surface area contributed by atoms with Crippen molar-refractivity contribution in [1.82, 2.24) is 10.2 Å². The highest BCUT2D eigenvalue weighted by Gasteiger charge is 2.09. The summed E-state index contributed by atoms with van der Waals surface area (Å²) in [5, 5.41) is 5.85. The molecule has 0 unspecified atom stereocenters. The number of nitrogens with zero attached hydrogens (tertiary/aromatic N) is 1. The normalized spacial score (nSPS) is 10.2. The first-order chi connectivity index (χ1) is 15.9. The Morgan fingerprint density at radius 1 is 0.879 bits per heavy atom. The molecule has 0 aromatic heterocycles. The molecule has 3 aromatic carbocycles. The Kier molecular flexibility index (Phi) is 8.55. The van der Waals surface area contributed by atoms with E-state index < -0.39 is 0 Å². The van der Waals surface area contributed by atoms with Crippen molar-refractivity contribution in [2.24, 2.45) is 0 Å². The van der Waals surface area contributed by atoms with Crippen LogP contribution in [-0.4, -0.2) is 42.5 Å². The maximum Gasteiger partial charge on any atom is 0.257 e. The van der Waals surface area contributed by atoms with Gasteiger partial charge >= 0.3 is 0 Å². The molecule has 0 saturated heterocycles. The van der Waals surface area contributed by atoms with Crippen LogP contribution >= 0.6 is 12.2 Å². The van der Waals surface area contributed by atoms with Gasteiger partial charge in [0.1, 0.15) is 5.75 Å². The first-order valence-electron chi connectivity index (χ1n) is 10.6. The minimum absolute atomic E-state index is 0.0334. The van der Waals surface area contributed by atoms with Crippen molar-refractivity contribution in [3.8, 4) is 5.75 Å². The molecule has 6 nitrogen and oxygen atoms in total. The molecule has 3 aromatic rings. The van der Waals surface area contributed by atoms with Gasteiger partial charge in [-0.2, -0.15) is 0 Å². The van der Waals surface area contributed by atoms with E-state index in [1.54, 1.807) is 43.3 Å². The van der Waals surface area contributed by atoms with Gasteiger partial charge in [-0.1, -0.05) is 42.5 Å². The molecule has 7 heteroatoms. The number of ether oxygens (including phenoxy) is 1. The molecule has 170 valence electrons. The Balaban J connectivity index is 1.45. The summed E-state index contributed by atoms with van der Waals surface area (Å²) in [7, 11) is 3.46. The monoisotopic (exact) mass is 461 g/mol. The minimum atomic E-state index is -0.309. The highest BCUT2D eigenvalue weighted by molar-refractivity contribution is 7.80. The van der Waals surface area contributed by atoms with Crippen LogP contribution in [0.15, 0.2) is 78.9 Å². The quantitative estimate of drug-likeness (QED) is 0.495. The zero-order valence-electron chi connectivity index (χ0n) is 18.7. The average molecular weight is 462 g/mol. The summed E-state index contributed by atoms with van der Waals surface area (Å²) >= 11 is 5.25. The number of carbonyl (C=O) groups is 2. The van der Waals surface area contributed by atoms with Gasteiger partial charge in [0, 0.05) is 31.8 Å². The van der Waals surface area contributed by atoms with Crippen LogP contribution in [0.4, 0.5) is 5.69 Å². The number of anilines is 1. The van der Waals surface area contributed by atoms with E-state index in [0.717, 1.165) is 17.7 Å². The molecule has 0 atom stereocenters. The summed E-state index contributed by atoms with van der Waals surface area (Å²) in [4.78, 5) is 25.8. The molecule has 0 aliphatic carbocycles. The van der Waals surface area contributed by atoms with Crippen LogP contribution in [0, 0.1) is 0 Å². The number of rotatable bonds is 8. The van der Waals surface area contributed by atoms with E-state index in [4.69, 9.17) is 17.0 Å². The summed E-state index contributed by atoms with van der Waals surface area (Å²) in [5.74, 6) is 0.429. The third kappa shape index (κ3) is 7.73. The van der Waals surface area contributed by atoms with E-state index in [9.17, 15) is 9.59 Å². The molecule has 0 saturated carbocycles. The zero-order valence-corrected chi connectivity index (χ0v) is 19.5. The van der Waals surface area contributed by atoms with Gasteiger partial charge in [-0.3, -0.25) is 14.9 Å². The molecule has 0 radical (unpaired) electrons. The Bertz CT molecular complexity index is 1080. The lowest BCUT2D eigenvalue weighted by atomic mass is 10.1. The lowest BCUT2D eigenvalue weighted by molar-refractivity contribution is -0.127. The molecule has 0 fully saturated rings. The zero-order chi connectivity index (χ0) is 23.6. The van der Waals surface area contributed by atoms with Crippen LogP contribution in [-0.2, 0) is 17.6 Å². The van der Waals surface area contributed by atoms with Gasteiger partial charge in [0.2, 0.25) is 5.91 Å². The summed E-state index contributed by atoms with van der Waals surface area (Å²) in [6, 6.07) is 24.4. The summed E-state index contributed by atoms with van der Waals surface area (Å²) in [5.41, 5.74) is 3.32. The number of carbonyl (C=O) groups excluding carboxylic acids is 2. The minimum Gasteiger partial charge on any atom is -0.493 e. The van der Waals surface area contributed by atoms with Crippen molar-refractivity contribution in [1.29, 1.82) is 0 Å². The predicted molar refractivity (Wildman–Crippen MR) is 135 cm³/mol. The highest BCUT2D eigenvalue weighted by atomic mass is 32.1. The van der Waals surface area contributed by atoms with Crippen molar-refractivity contribution in [2.75, 3.05) is 26.0 Å². The van der Waals surface area contributed by atoms with Crippen LogP contribution < -0.4 is 15.4 Å². The third-order valence-electron chi connectivity index (χ3n) is 4.91. The summed E-state index contributed by atoms with van der Waals surface area (Å²) < 4.78 is 5.76. The Hall–Kier alpha value is -3.71. The molecule has 0 bridgehead atoms. The van der Waals surface area contributed by atoms with E-state index in [1.807, 2.05) is 42.5 Å². The number of benzene rings is 3. The van der Waals surface area contributed by atoms with Gasteiger partial charge in [-0.05, 0) is 59.7 Å². The first kappa shape index (κ1) is 23.9. The smallest absolute Gasteiger partial charge is 0.257 e. The van der Waals surface area contributed by atoms with Crippen molar-refractivity contribution < 1.29 is 14.3 Å². The van der Waals surface area contributed by atoms with Crippen molar-refractivity contribution in [3.63, 3.8) is 0 Å². The largest absolute Gasteiger partial charge is 0.493 e. The fourth-order valence-corrected chi connectivity index (χ4v) is 3.22. The van der Waals surface area contributed by atoms with Crippen molar-refractivity contribution in [3.05, 3.63) is 95.6 Å². The lowest BCUT2D eigenvalue weighted by Crippen LogP contribution is -2.34. The van der Waals surface area contributed by atoms with Crippen molar-refractivity contribution >= 4 is 34.8 Å². The number of amides is 2. The number of thiocarbonyl (C=S) groups is 1. The molecular weight excluding hydrogens is 434 g/mol. The average Bonchev–Trinajstić information content (AvgIpc) is 2.81. The van der Waals surface area contributed by atoms with Gasteiger partial charge in [-0.15, -0.1) is 0 Å². The Morgan fingerprint density at radius 2 is 1.55 bits per heavy atom. The Labute approximate surface area is 199 Å². The molecule has 0 spiro atoms. The predicted octanol–water partition coefficient (Wildman–Crippen LogP) is 4.07. The summed E-state index contributed by atoms with van der Waals surface area (Å²) in [6.45, 7) is 0.561. The maximum atomic E-state index is 12.5. The lowest BCUT2D eigenvalue weighted by Gasteiger charge is -2.12. The second-order valence-corrected chi connectivity index (χ2v) is 8.09. The van der Waals surface area contributed by atoms with Crippen LogP contribution in [0.3, 0.4) is 0 Å². The number of likely N-dealkylation sites (N-methyl/N-ethyl adjacent to an activating group) is 1. The third-order valence-corrected chi connectivity index (χ3v) is 5.12. The van der Waals surface area contributed by atoms with Crippen molar-refractivity contribution in [2.45, 2.75) is 12.8 Å². The number of hydrogen-bond acceptors (Lipinski definition) is 4. The summed E-state index contributed by atoms with van der Waals surface area (Å²) in [6.07, 6.45) is 1.15. The van der Waals surface area contributed by atoms with Gasteiger partial charge in [0.15, 0.2) is 5.11 Å². The van der Waals surface area contributed by atoms with Gasteiger partial charge < -0.3 is 15.0 Å². The maximum absolute atomic E-state index is 12.5. The molecule has 0 heterocycles. The molecule has 0 aliphatic rings. The topological polar surface area (TPSA) is 70.7 Å². The van der Waals surface area contributed by atoms with E-state index in [1.165, 1.54) is 5.56 Å². The van der Waals surface area contributed by atoms with E-state index in [0.29, 0.717) is 24.3 Å². The first-order valence-corrected chi connectivity index (χ1v) is 11.0. The van der Waals surface area contributed by atoms with Gasteiger partial charge in [0.25, 0.3) is 5.91 Å². The van der Waals surface area contributed by atoms with Crippen LogP contribution in [0.2, 0.25) is 0 Å². The van der Waals surface area contributed by atoms with Crippen LogP contribution in [0.25, 0.3) is 0 Å². The molecule has 33 heavy (non-hydrogen) atoms. The molecule has 2 amide bonds. The Morgan fingerprint density at radius 3 is 2.18 bits per heavy atom.